The average molecular weight is 308 g/mol. The molecular formula is C18H16N2O3. The first kappa shape index (κ1) is 14.8. The fourth-order valence-corrected chi connectivity index (χ4v) is 2.13. The Morgan fingerprint density at radius 3 is 2.91 bits per heavy atom. The van der Waals surface area contributed by atoms with Gasteiger partial charge in [-0.15, -0.1) is 0 Å². The molecule has 2 aromatic heterocycles. The van der Waals surface area contributed by atoms with E-state index in [-0.39, 0.29) is 5.91 Å². The van der Waals surface area contributed by atoms with E-state index in [2.05, 4.69) is 10.3 Å². The molecule has 0 spiro atoms. The molecule has 116 valence electrons. The molecule has 0 radical (unpaired) electrons. The molecule has 0 fully saturated rings. The van der Waals surface area contributed by atoms with Crippen LogP contribution in [0, 0.1) is 0 Å². The van der Waals surface area contributed by atoms with E-state index in [1.807, 2.05) is 36.4 Å². The number of fused-ring (bicyclic) bond motifs is 1. The zero-order valence-corrected chi connectivity index (χ0v) is 12.7. The first-order valence-electron chi connectivity index (χ1n) is 7.18. The minimum absolute atomic E-state index is 0.193. The largest absolute Gasteiger partial charge is 0.481 e. The maximum atomic E-state index is 11.8. The number of nitrogens with one attached hydrogen (secondary N) is 1. The Labute approximate surface area is 133 Å². The van der Waals surface area contributed by atoms with Crippen LogP contribution in [0.3, 0.4) is 0 Å². The summed E-state index contributed by atoms with van der Waals surface area (Å²) in [6.07, 6.45) is 4.78. The molecule has 0 aliphatic rings. The zero-order valence-electron chi connectivity index (χ0n) is 12.7. The van der Waals surface area contributed by atoms with Gasteiger partial charge in [0, 0.05) is 30.3 Å². The van der Waals surface area contributed by atoms with Crippen LogP contribution in [0.2, 0.25) is 0 Å². The van der Waals surface area contributed by atoms with Crippen molar-refractivity contribution in [2.24, 2.45) is 0 Å². The molecule has 0 bridgehead atoms. The lowest BCUT2D eigenvalue weighted by atomic mass is 10.2. The standard InChI is InChI=1S/C18H16N2O3/c1-22-18-9-6-13(12-20-18)11-19-17(21)8-7-15-10-14-4-2-3-5-16(14)23-15/h2-10,12H,11H2,1H3,(H,19,21)/b8-7+. The predicted molar refractivity (Wildman–Crippen MR) is 87.9 cm³/mol. The van der Waals surface area contributed by atoms with E-state index in [0.29, 0.717) is 18.2 Å². The Hall–Kier alpha value is -3.08. The number of furan rings is 1. The smallest absolute Gasteiger partial charge is 0.244 e. The number of carbonyl (C=O) groups excluding carboxylic acids is 1. The molecule has 5 heteroatoms. The number of hydrogen-bond donors (Lipinski definition) is 1. The molecule has 0 aliphatic carbocycles. The number of pyridine rings is 1. The summed E-state index contributed by atoms with van der Waals surface area (Å²) < 4.78 is 10.6. The third kappa shape index (κ3) is 3.77. The minimum Gasteiger partial charge on any atom is -0.481 e. The maximum absolute atomic E-state index is 11.8. The number of hydrogen-bond acceptors (Lipinski definition) is 4. The number of amides is 1. The number of benzene rings is 1. The fraction of sp³-hybridized carbons (Fsp3) is 0.111. The van der Waals surface area contributed by atoms with E-state index in [1.54, 1.807) is 25.4 Å². The van der Waals surface area contributed by atoms with Crippen LogP contribution in [-0.2, 0) is 11.3 Å². The van der Waals surface area contributed by atoms with Gasteiger partial charge in [0.15, 0.2) is 0 Å². The van der Waals surface area contributed by atoms with Crippen LogP contribution >= 0.6 is 0 Å². The molecule has 2 heterocycles. The van der Waals surface area contributed by atoms with Crippen molar-refractivity contribution < 1.29 is 13.9 Å². The fourth-order valence-electron chi connectivity index (χ4n) is 2.13. The second-order valence-corrected chi connectivity index (χ2v) is 4.95. The molecule has 1 amide bonds. The van der Waals surface area contributed by atoms with E-state index in [0.717, 1.165) is 16.5 Å². The van der Waals surface area contributed by atoms with Gasteiger partial charge in [-0.2, -0.15) is 0 Å². The highest BCUT2D eigenvalue weighted by Gasteiger charge is 2.01. The van der Waals surface area contributed by atoms with Gasteiger partial charge in [-0.25, -0.2) is 4.98 Å². The first-order chi connectivity index (χ1) is 11.2. The van der Waals surface area contributed by atoms with Crippen LogP contribution in [-0.4, -0.2) is 18.0 Å². The van der Waals surface area contributed by atoms with Crippen molar-refractivity contribution in [1.29, 1.82) is 0 Å². The van der Waals surface area contributed by atoms with Crippen molar-refractivity contribution in [2.75, 3.05) is 7.11 Å². The van der Waals surface area contributed by atoms with Gasteiger partial charge >= 0.3 is 0 Å². The van der Waals surface area contributed by atoms with Crippen LogP contribution in [0.25, 0.3) is 17.0 Å². The zero-order chi connectivity index (χ0) is 16.1. The summed E-state index contributed by atoms with van der Waals surface area (Å²) in [5, 5.41) is 3.80. The number of ether oxygens (including phenoxy) is 1. The molecule has 0 atom stereocenters. The van der Waals surface area contributed by atoms with Gasteiger partial charge in [-0.3, -0.25) is 4.79 Å². The van der Waals surface area contributed by atoms with Crippen molar-refractivity contribution in [3.05, 3.63) is 66.1 Å². The van der Waals surface area contributed by atoms with Crippen molar-refractivity contribution in [1.82, 2.24) is 10.3 Å². The average Bonchev–Trinajstić information content (AvgIpc) is 3.01. The molecule has 23 heavy (non-hydrogen) atoms. The van der Waals surface area contributed by atoms with Crippen LogP contribution in [0.5, 0.6) is 5.88 Å². The highest BCUT2D eigenvalue weighted by molar-refractivity contribution is 5.92. The van der Waals surface area contributed by atoms with E-state index in [9.17, 15) is 4.79 Å². The monoisotopic (exact) mass is 308 g/mol. The normalized spacial score (nSPS) is 11.0. The maximum Gasteiger partial charge on any atom is 0.244 e. The molecule has 1 N–H and O–H groups in total. The molecule has 3 aromatic rings. The molecule has 0 unspecified atom stereocenters. The highest BCUT2D eigenvalue weighted by Crippen LogP contribution is 2.19. The van der Waals surface area contributed by atoms with Gasteiger partial charge in [0.25, 0.3) is 0 Å². The van der Waals surface area contributed by atoms with E-state index in [1.165, 1.54) is 6.08 Å². The summed E-state index contributed by atoms with van der Waals surface area (Å²) in [6.45, 7) is 0.403. The van der Waals surface area contributed by atoms with Crippen LogP contribution < -0.4 is 10.1 Å². The third-order valence-electron chi connectivity index (χ3n) is 3.32. The van der Waals surface area contributed by atoms with Crippen LogP contribution in [0.1, 0.15) is 11.3 Å². The second-order valence-electron chi connectivity index (χ2n) is 4.95. The van der Waals surface area contributed by atoms with Gasteiger partial charge in [0.05, 0.1) is 7.11 Å². The molecular weight excluding hydrogens is 292 g/mol. The Morgan fingerprint density at radius 1 is 1.30 bits per heavy atom. The van der Waals surface area contributed by atoms with Gasteiger partial charge in [0.2, 0.25) is 11.8 Å². The van der Waals surface area contributed by atoms with Gasteiger partial charge in [-0.05, 0) is 23.8 Å². The molecule has 0 saturated heterocycles. The number of nitrogens with zero attached hydrogens (tertiary/aromatic N) is 1. The number of methoxy groups -OCH3 is 1. The summed E-state index contributed by atoms with van der Waals surface area (Å²) in [6, 6.07) is 13.2. The summed E-state index contributed by atoms with van der Waals surface area (Å²) in [7, 11) is 1.56. The topological polar surface area (TPSA) is 64.4 Å². The lowest BCUT2D eigenvalue weighted by Gasteiger charge is -2.03. The third-order valence-corrected chi connectivity index (χ3v) is 3.32. The van der Waals surface area contributed by atoms with E-state index in [4.69, 9.17) is 9.15 Å². The lowest BCUT2D eigenvalue weighted by molar-refractivity contribution is -0.116. The summed E-state index contributed by atoms with van der Waals surface area (Å²) in [5.41, 5.74) is 1.70. The second kappa shape index (κ2) is 6.79. The van der Waals surface area contributed by atoms with Gasteiger partial charge < -0.3 is 14.5 Å². The molecule has 3 rings (SSSR count). The van der Waals surface area contributed by atoms with E-state index >= 15 is 0 Å². The van der Waals surface area contributed by atoms with Crippen molar-refractivity contribution in [2.45, 2.75) is 6.54 Å². The van der Waals surface area contributed by atoms with Crippen molar-refractivity contribution in [3.8, 4) is 5.88 Å². The van der Waals surface area contributed by atoms with Gasteiger partial charge in [0.1, 0.15) is 11.3 Å². The Kier molecular flexibility index (Phi) is 4.38. The lowest BCUT2D eigenvalue weighted by Crippen LogP contribution is -2.20. The molecule has 5 nitrogen and oxygen atoms in total. The van der Waals surface area contributed by atoms with Gasteiger partial charge in [-0.1, -0.05) is 24.3 Å². The Balaban J connectivity index is 1.57. The number of carbonyl (C=O) groups is 1. The summed E-state index contributed by atoms with van der Waals surface area (Å²) in [4.78, 5) is 15.9. The predicted octanol–water partition coefficient (Wildman–Crippen LogP) is 3.17. The van der Waals surface area contributed by atoms with Crippen molar-refractivity contribution >= 4 is 23.0 Å². The van der Waals surface area contributed by atoms with Crippen LogP contribution in [0.15, 0.2) is 59.2 Å². The number of rotatable bonds is 5. The molecule has 0 aliphatic heterocycles. The minimum atomic E-state index is -0.193. The molecule has 1 aromatic carbocycles. The Bertz CT molecular complexity index is 802. The Morgan fingerprint density at radius 2 is 2.17 bits per heavy atom. The van der Waals surface area contributed by atoms with E-state index < -0.39 is 0 Å². The first-order valence-corrected chi connectivity index (χ1v) is 7.18. The summed E-state index contributed by atoms with van der Waals surface area (Å²) >= 11 is 0. The number of aromatic nitrogens is 1. The SMILES string of the molecule is COc1ccc(CNC(=O)/C=C/c2cc3ccccc3o2)cn1. The summed E-state index contributed by atoms with van der Waals surface area (Å²) in [5.74, 6) is 0.999. The number of para-hydroxylation sites is 1. The molecule has 0 saturated carbocycles. The van der Waals surface area contributed by atoms with Crippen LogP contribution in [0.4, 0.5) is 0 Å². The van der Waals surface area contributed by atoms with Crippen molar-refractivity contribution in [3.63, 3.8) is 0 Å². The highest BCUT2D eigenvalue weighted by atomic mass is 16.5. The quantitative estimate of drug-likeness (QED) is 0.735.